The number of amides is 1. The van der Waals surface area contributed by atoms with Crippen LogP contribution in [0.15, 0.2) is 95.4 Å². The van der Waals surface area contributed by atoms with Gasteiger partial charge in [0.05, 0.1) is 14.2 Å². The van der Waals surface area contributed by atoms with Crippen LogP contribution in [0.3, 0.4) is 0 Å². The summed E-state index contributed by atoms with van der Waals surface area (Å²) in [5.74, 6) is 1.58. The van der Waals surface area contributed by atoms with Crippen LogP contribution < -0.4 is 14.8 Å². The van der Waals surface area contributed by atoms with Gasteiger partial charge in [-0.15, -0.1) is 0 Å². The predicted octanol–water partition coefficient (Wildman–Crippen LogP) is 6.91. The fourth-order valence-electron chi connectivity index (χ4n) is 4.20. The highest BCUT2D eigenvalue weighted by Crippen LogP contribution is 2.42. The summed E-state index contributed by atoms with van der Waals surface area (Å²) >= 11 is 0. The van der Waals surface area contributed by atoms with E-state index in [9.17, 15) is 10.1 Å². The highest BCUT2D eigenvalue weighted by Gasteiger charge is 2.25. The van der Waals surface area contributed by atoms with Gasteiger partial charge in [0.25, 0.3) is 5.91 Å². The van der Waals surface area contributed by atoms with E-state index in [-0.39, 0.29) is 17.4 Å². The van der Waals surface area contributed by atoms with Gasteiger partial charge in [-0.25, -0.2) is 0 Å². The summed E-state index contributed by atoms with van der Waals surface area (Å²) in [6, 6.07) is 30.1. The molecule has 0 atom stereocenters. The molecular weight excluding hydrogens is 452 g/mol. The number of nitrogens with zero attached hydrogens (tertiary/aromatic N) is 1. The third kappa shape index (κ3) is 4.15. The molecule has 6 nitrogen and oxygen atoms in total. The van der Waals surface area contributed by atoms with Gasteiger partial charge in [0.15, 0.2) is 0 Å². The van der Waals surface area contributed by atoms with Gasteiger partial charge in [-0.1, -0.05) is 48.5 Å². The second-order valence-electron chi connectivity index (χ2n) is 8.06. The molecule has 176 valence electrons. The van der Waals surface area contributed by atoms with Crippen LogP contribution in [0.25, 0.3) is 33.2 Å². The monoisotopic (exact) mass is 474 g/mol. The van der Waals surface area contributed by atoms with Gasteiger partial charge in [0.2, 0.25) is 5.88 Å². The Hall–Kier alpha value is -5.02. The summed E-state index contributed by atoms with van der Waals surface area (Å²) in [7, 11) is 3.19. The molecule has 0 fully saturated rings. The zero-order valence-electron chi connectivity index (χ0n) is 19.7. The van der Waals surface area contributed by atoms with Crippen molar-refractivity contribution in [3.05, 3.63) is 102 Å². The first-order chi connectivity index (χ1) is 17.6. The van der Waals surface area contributed by atoms with E-state index >= 15 is 0 Å². The topological polar surface area (TPSA) is 84.5 Å². The smallest absolute Gasteiger partial charge is 0.258 e. The number of carbonyl (C=O) groups is 1. The molecule has 0 radical (unpaired) electrons. The van der Waals surface area contributed by atoms with Crippen LogP contribution in [-0.2, 0) is 0 Å². The molecule has 6 heteroatoms. The van der Waals surface area contributed by atoms with E-state index in [2.05, 4.69) is 11.4 Å². The summed E-state index contributed by atoms with van der Waals surface area (Å²) in [6.07, 6.45) is 0. The minimum Gasteiger partial charge on any atom is -0.497 e. The number of nitrogens with one attached hydrogen (secondary N) is 1. The first-order valence-electron chi connectivity index (χ1n) is 11.3. The van der Waals surface area contributed by atoms with E-state index in [1.54, 1.807) is 20.3 Å². The first kappa shape index (κ1) is 22.8. The molecule has 0 saturated carbocycles. The number of hydrogen-bond acceptors (Lipinski definition) is 5. The SMILES string of the molecule is COc1ccc(-c2oc(NC(=O)c3cccc4ccccc34)c(C#N)c2-c2ccc(OC)cc2)cc1. The molecule has 5 rings (SSSR count). The maximum atomic E-state index is 13.3. The minimum atomic E-state index is -0.361. The Kier molecular flexibility index (Phi) is 6.12. The number of nitriles is 1. The molecule has 36 heavy (non-hydrogen) atoms. The molecule has 0 spiro atoms. The number of hydrogen-bond donors (Lipinski definition) is 1. The van der Waals surface area contributed by atoms with Crippen molar-refractivity contribution in [1.29, 1.82) is 5.26 Å². The summed E-state index contributed by atoms with van der Waals surface area (Å²) < 4.78 is 16.7. The predicted molar refractivity (Wildman–Crippen MR) is 139 cm³/mol. The molecule has 1 heterocycles. The Labute approximate surface area is 208 Å². The number of benzene rings is 4. The van der Waals surface area contributed by atoms with Crippen LogP contribution in [0.5, 0.6) is 11.5 Å². The van der Waals surface area contributed by atoms with Crippen molar-refractivity contribution >= 4 is 22.6 Å². The number of methoxy groups -OCH3 is 2. The molecule has 4 aromatic carbocycles. The van der Waals surface area contributed by atoms with Crippen molar-refractivity contribution in [3.63, 3.8) is 0 Å². The van der Waals surface area contributed by atoms with E-state index in [0.717, 1.165) is 21.9 Å². The van der Waals surface area contributed by atoms with Crippen LogP contribution in [0.2, 0.25) is 0 Å². The lowest BCUT2D eigenvalue weighted by atomic mass is 9.98. The van der Waals surface area contributed by atoms with E-state index in [0.29, 0.717) is 28.4 Å². The van der Waals surface area contributed by atoms with Crippen molar-refractivity contribution in [3.8, 4) is 40.0 Å². The number of ether oxygens (including phenoxy) is 2. The normalized spacial score (nSPS) is 10.6. The molecule has 0 aliphatic rings. The van der Waals surface area contributed by atoms with Crippen LogP contribution in [0.4, 0.5) is 5.88 Å². The first-order valence-corrected chi connectivity index (χ1v) is 11.3. The summed E-state index contributed by atoms with van der Waals surface area (Å²) in [6.45, 7) is 0. The largest absolute Gasteiger partial charge is 0.497 e. The number of anilines is 1. The minimum absolute atomic E-state index is 0.0899. The molecule has 0 unspecified atom stereocenters. The zero-order chi connectivity index (χ0) is 25.1. The lowest BCUT2D eigenvalue weighted by molar-refractivity contribution is 0.102. The Balaban J connectivity index is 1.63. The highest BCUT2D eigenvalue weighted by molar-refractivity contribution is 6.13. The molecule has 0 bridgehead atoms. The summed E-state index contributed by atoms with van der Waals surface area (Å²) in [4.78, 5) is 13.3. The average Bonchev–Trinajstić information content (AvgIpc) is 3.30. The lowest BCUT2D eigenvalue weighted by Crippen LogP contribution is -2.12. The van der Waals surface area contributed by atoms with Gasteiger partial charge >= 0.3 is 0 Å². The third-order valence-electron chi connectivity index (χ3n) is 6.01. The summed E-state index contributed by atoms with van der Waals surface area (Å²) in [5.41, 5.74) is 2.81. The average molecular weight is 475 g/mol. The molecule has 0 saturated heterocycles. The molecule has 5 aromatic rings. The van der Waals surface area contributed by atoms with Crippen molar-refractivity contribution in [2.75, 3.05) is 19.5 Å². The lowest BCUT2D eigenvalue weighted by Gasteiger charge is -2.06. The molecule has 1 N–H and O–H groups in total. The fraction of sp³-hybridized carbons (Fsp3) is 0.0667. The maximum absolute atomic E-state index is 13.3. The quantitative estimate of drug-likeness (QED) is 0.289. The second kappa shape index (κ2) is 9.69. The van der Waals surface area contributed by atoms with Crippen molar-refractivity contribution in [2.24, 2.45) is 0 Å². The molecule has 1 aromatic heterocycles. The Bertz CT molecular complexity index is 1590. The van der Waals surface area contributed by atoms with E-state index < -0.39 is 0 Å². The van der Waals surface area contributed by atoms with Crippen molar-refractivity contribution in [1.82, 2.24) is 0 Å². The molecular formula is C30H22N2O4. The second-order valence-corrected chi connectivity index (χ2v) is 8.06. The number of rotatable bonds is 6. The molecule has 0 aliphatic heterocycles. The van der Waals surface area contributed by atoms with Crippen LogP contribution in [0.1, 0.15) is 15.9 Å². The van der Waals surface area contributed by atoms with Crippen LogP contribution in [0, 0.1) is 11.3 Å². The van der Waals surface area contributed by atoms with Gasteiger partial charge in [-0.2, -0.15) is 5.26 Å². The van der Waals surface area contributed by atoms with Gasteiger partial charge < -0.3 is 13.9 Å². The molecule has 1 amide bonds. The van der Waals surface area contributed by atoms with Crippen LogP contribution in [-0.4, -0.2) is 20.1 Å². The Morgan fingerprint density at radius 1 is 0.806 bits per heavy atom. The van der Waals surface area contributed by atoms with E-state index in [1.807, 2.05) is 84.9 Å². The summed E-state index contributed by atoms with van der Waals surface area (Å²) in [5, 5.41) is 14.8. The van der Waals surface area contributed by atoms with Crippen molar-refractivity contribution < 1.29 is 18.7 Å². The van der Waals surface area contributed by atoms with Crippen molar-refractivity contribution in [2.45, 2.75) is 0 Å². The van der Waals surface area contributed by atoms with E-state index in [4.69, 9.17) is 13.9 Å². The number of fused-ring (bicyclic) bond motifs is 1. The highest BCUT2D eigenvalue weighted by atomic mass is 16.5. The zero-order valence-corrected chi connectivity index (χ0v) is 19.7. The Morgan fingerprint density at radius 3 is 2.06 bits per heavy atom. The van der Waals surface area contributed by atoms with Gasteiger partial charge in [-0.3, -0.25) is 10.1 Å². The van der Waals surface area contributed by atoms with E-state index in [1.165, 1.54) is 0 Å². The van der Waals surface area contributed by atoms with Gasteiger partial charge in [0, 0.05) is 16.7 Å². The fourth-order valence-corrected chi connectivity index (χ4v) is 4.20. The third-order valence-corrected chi connectivity index (χ3v) is 6.01. The Morgan fingerprint density at radius 2 is 1.42 bits per heavy atom. The van der Waals surface area contributed by atoms with Gasteiger partial charge in [-0.05, 0) is 58.8 Å². The number of furan rings is 1. The maximum Gasteiger partial charge on any atom is 0.258 e. The van der Waals surface area contributed by atoms with Gasteiger partial charge in [0.1, 0.15) is 28.9 Å². The number of carbonyl (C=O) groups excluding carboxylic acids is 1. The standard InChI is InChI=1S/C30H22N2O4/c1-34-22-14-10-20(11-15-22)27-26(18-31)30(36-28(27)21-12-16-23(35-2)17-13-21)32-29(33)25-9-5-7-19-6-3-4-8-24(19)25/h3-17H,1-2H3,(H,32,33). The van der Waals surface area contributed by atoms with Crippen LogP contribution >= 0.6 is 0 Å². The molecule has 0 aliphatic carbocycles.